The number of rotatable bonds is 5. The largest absolute Gasteiger partial charge is 0.481 e. The Kier molecular flexibility index (Phi) is 4.16. The molecule has 0 radical (unpaired) electrons. The molecule has 1 aromatic carbocycles. The summed E-state index contributed by atoms with van der Waals surface area (Å²) in [5.41, 5.74) is 1.96. The second-order valence-corrected chi connectivity index (χ2v) is 5.46. The number of carboxylic acids is 1. The van der Waals surface area contributed by atoms with Gasteiger partial charge < -0.3 is 10.4 Å². The van der Waals surface area contributed by atoms with Gasteiger partial charge in [0, 0.05) is 4.88 Å². The topological polar surface area (TPSA) is 62.2 Å². The molecule has 0 saturated carbocycles. The highest BCUT2D eigenvalue weighted by Crippen LogP contribution is 2.26. The highest BCUT2D eigenvalue weighted by molar-refractivity contribution is 7.15. The van der Waals surface area contributed by atoms with Crippen LogP contribution in [0.3, 0.4) is 0 Å². The lowest BCUT2D eigenvalue weighted by molar-refractivity contribution is -0.136. The highest BCUT2D eigenvalue weighted by Gasteiger charge is 2.13. The summed E-state index contributed by atoms with van der Waals surface area (Å²) in [6, 6.07) is 10.2. The summed E-state index contributed by atoms with van der Waals surface area (Å²) in [4.78, 5) is 15.9. The van der Waals surface area contributed by atoms with Crippen LogP contribution in [0, 0.1) is 6.92 Å². The van der Waals surface area contributed by atoms with Crippen molar-refractivity contribution in [3.05, 3.63) is 46.5 Å². The summed E-state index contributed by atoms with van der Waals surface area (Å²) in [7, 11) is 0. The zero-order valence-corrected chi connectivity index (χ0v) is 11.7. The fourth-order valence-corrected chi connectivity index (χ4v) is 2.84. The first-order valence-electron chi connectivity index (χ1n) is 6.06. The molecule has 0 fully saturated rings. The molecular formula is C14H16N2O2S. The van der Waals surface area contributed by atoms with Crippen molar-refractivity contribution >= 4 is 22.4 Å². The molecule has 1 unspecified atom stereocenters. The highest BCUT2D eigenvalue weighted by atomic mass is 32.1. The molecule has 0 aliphatic heterocycles. The zero-order chi connectivity index (χ0) is 13.8. The molecule has 100 valence electrons. The van der Waals surface area contributed by atoms with E-state index in [0.717, 1.165) is 15.7 Å². The van der Waals surface area contributed by atoms with E-state index in [1.165, 1.54) is 16.9 Å². The monoisotopic (exact) mass is 276 g/mol. The third-order valence-corrected chi connectivity index (χ3v) is 3.93. The first-order valence-corrected chi connectivity index (χ1v) is 6.87. The zero-order valence-electron chi connectivity index (χ0n) is 10.9. The number of anilines is 1. The van der Waals surface area contributed by atoms with Crippen LogP contribution in [0.5, 0.6) is 0 Å². The molecule has 1 heterocycles. The van der Waals surface area contributed by atoms with Crippen molar-refractivity contribution in [1.82, 2.24) is 4.98 Å². The van der Waals surface area contributed by atoms with Crippen LogP contribution < -0.4 is 5.32 Å². The van der Waals surface area contributed by atoms with Crippen molar-refractivity contribution in [3.8, 4) is 0 Å². The first kappa shape index (κ1) is 13.5. The van der Waals surface area contributed by atoms with Gasteiger partial charge in [0.1, 0.15) is 0 Å². The lowest BCUT2D eigenvalue weighted by Crippen LogP contribution is -2.05. The van der Waals surface area contributed by atoms with Gasteiger partial charge >= 0.3 is 5.97 Å². The quantitative estimate of drug-likeness (QED) is 0.880. The molecule has 0 spiro atoms. The van der Waals surface area contributed by atoms with Gasteiger partial charge in [0.2, 0.25) is 0 Å². The summed E-state index contributed by atoms with van der Waals surface area (Å²) in [6.45, 7) is 3.90. The van der Waals surface area contributed by atoms with Crippen molar-refractivity contribution in [2.45, 2.75) is 26.3 Å². The summed E-state index contributed by atoms with van der Waals surface area (Å²) < 4.78 is 0. The van der Waals surface area contributed by atoms with E-state index in [-0.39, 0.29) is 12.5 Å². The number of aryl methyl sites for hydroxylation is 1. The molecule has 0 amide bonds. The van der Waals surface area contributed by atoms with Gasteiger partial charge in [0.05, 0.1) is 18.2 Å². The van der Waals surface area contributed by atoms with Crippen molar-refractivity contribution in [3.63, 3.8) is 0 Å². The molecule has 4 nitrogen and oxygen atoms in total. The second kappa shape index (κ2) is 5.84. The minimum absolute atomic E-state index is 0.0326. The molecule has 0 saturated heterocycles. The Labute approximate surface area is 116 Å². The minimum atomic E-state index is -0.825. The summed E-state index contributed by atoms with van der Waals surface area (Å²) in [5, 5.41) is 12.9. The fourth-order valence-electron chi connectivity index (χ4n) is 1.80. The molecule has 0 aliphatic rings. The molecule has 19 heavy (non-hydrogen) atoms. The number of carbonyl (C=O) groups is 1. The van der Waals surface area contributed by atoms with Crippen molar-refractivity contribution in [2.24, 2.45) is 0 Å². The van der Waals surface area contributed by atoms with Crippen molar-refractivity contribution < 1.29 is 9.90 Å². The van der Waals surface area contributed by atoms with Crippen LogP contribution in [0.25, 0.3) is 0 Å². The van der Waals surface area contributed by atoms with Crippen molar-refractivity contribution in [2.75, 3.05) is 5.32 Å². The summed E-state index contributed by atoms with van der Waals surface area (Å²) in [6.07, 6.45) is 0.0326. The summed E-state index contributed by atoms with van der Waals surface area (Å²) >= 11 is 1.41. The minimum Gasteiger partial charge on any atom is -0.481 e. The van der Waals surface area contributed by atoms with Crippen LogP contribution in [0.2, 0.25) is 0 Å². The molecule has 1 atom stereocenters. The number of nitrogens with one attached hydrogen (secondary N) is 1. The van der Waals surface area contributed by atoms with Gasteiger partial charge in [-0.05, 0) is 19.4 Å². The standard InChI is InChI=1S/C14H16N2O2S/c1-9(11-6-4-3-5-7-11)15-14-16-10(2)12(19-14)8-13(17)18/h3-7,9H,8H2,1-2H3,(H,15,16)(H,17,18). The Morgan fingerprint density at radius 3 is 2.74 bits per heavy atom. The number of thiazole rings is 1. The van der Waals surface area contributed by atoms with Gasteiger partial charge in [-0.2, -0.15) is 0 Å². The van der Waals surface area contributed by atoms with Gasteiger partial charge in [0.15, 0.2) is 5.13 Å². The molecule has 1 aromatic heterocycles. The van der Waals surface area contributed by atoms with E-state index >= 15 is 0 Å². The Morgan fingerprint density at radius 1 is 1.42 bits per heavy atom. The number of hydrogen-bond donors (Lipinski definition) is 2. The van der Waals surface area contributed by atoms with Crippen LogP contribution in [-0.4, -0.2) is 16.1 Å². The lowest BCUT2D eigenvalue weighted by atomic mass is 10.1. The van der Waals surface area contributed by atoms with Crippen LogP contribution in [0.15, 0.2) is 30.3 Å². The maximum atomic E-state index is 10.7. The average Bonchev–Trinajstić information content (AvgIpc) is 2.70. The lowest BCUT2D eigenvalue weighted by Gasteiger charge is -2.12. The van der Waals surface area contributed by atoms with E-state index in [9.17, 15) is 4.79 Å². The molecule has 2 aromatic rings. The van der Waals surface area contributed by atoms with Gasteiger partial charge in [-0.25, -0.2) is 4.98 Å². The Morgan fingerprint density at radius 2 is 2.11 bits per heavy atom. The molecule has 5 heteroatoms. The molecule has 0 aliphatic carbocycles. The Bertz CT molecular complexity index is 566. The number of hydrogen-bond acceptors (Lipinski definition) is 4. The smallest absolute Gasteiger partial charge is 0.308 e. The molecule has 2 rings (SSSR count). The van der Waals surface area contributed by atoms with Crippen LogP contribution in [0.4, 0.5) is 5.13 Å². The number of nitrogens with zero attached hydrogens (tertiary/aromatic N) is 1. The van der Waals surface area contributed by atoms with E-state index in [1.807, 2.05) is 25.1 Å². The normalized spacial score (nSPS) is 12.1. The fraction of sp³-hybridized carbons (Fsp3) is 0.286. The average molecular weight is 276 g/mol. The van der Waals surface area contributed by atoms with Crippen LogP contribution >= 0.6 is 11.3 Å². The summed E-state index contributed by atoms with van der Waals surface area (Å²) in [5.74, 6) is -0.825. The molecule has 0 bridgehead atoms. The third-order valence-electron chi connectivity index (χ3n) is 2.84. The molecule has 2 N–H and O–H groups in total. The van der Waals surface area contributed by atoms with Crippen molar-refractivity contribution in [1.29, 1.82) is 0 Å². The third kappa shape index (κ3) is 3.54. The van der Waals surface area contributed by atoms with Gasteiger partial charge in [-0.3, -0.25) is 4.79 Å². The maximum Gasteiger partial charge on any atom is 0.308 e. The van der Waals surface area contributed by atoms with Crippen LogP contribution in [-0.2, 0) is 11.2 Å². The predicted octanol–water partition coefficient (Wildman–Crippen LogP) is 3.25. The predicted molar refractivity (Wildman–Crippen MR) is 76.7 cm³/mol. The van der Waals surface area contributed by atoms with Gasteiger partial charge in [-0.1, -0.05) is 30.3 Å². The number of aliphatic carboxylic acids is 1. The molecular weight excluding hydrogens is 260 g/mol. The number of carboxylic acid groups (broad SMARTS) is 1. The SMILES string of the molecule is Cc1nc(NC(C)c2ccccc2)sc1CC(=O)O. The van der Waals surface area contributed by atoms with Gasteiger partial charge in [-0.15, -0.1) is 11.3 Å². The van der Waals surface area contributed by atoms with E-state index in [2.05, 4.69) is 29.4 Å². The van der Waals surface area contributed by atoms with E-state index in [0.29, 0.717) is 0 Å². The van der Waals surface area contributed by atoms with Gasteiger partial charge in [0.25, 0.3) is 0 Å². The van der Waals surface area contributed by atoms with Crippen LogP contribution in [0.1, 0.15) is 29.1 Å². The Hall–Kier alpha value is -1.88. The Balaban J connectivity index is 2.09. The number of benzene rings is 1. The van der Waals surface area contributed by atoms with E-state index < -0.39 is 5.97 Å². The maximum absolute atomic E-state index is 10.7. The van der Waals surface area contributed by atoms with E-state index in [4.69, 9.17) is 5.11 Å². The number of aromatic nitrogens is 1. The first-order chi connectivity index (χ1) is 9.06. The second-order valence-electron chi connectivity index (χ2n) is 4.37. The van der Waals surface area contributed by atoms with E-state index in [1.54, 1.807) is 0 Å².